The monoisotopic (exact) mass is 252 g/mol. The van der Waals surface area contributed by atoms with E-state index in [1.165, 1.54) is 0 Å². The molecule has 0 aromatic heterocycles. The molecule has 14 heteroatoms. The molecule has 0 N–H and O–H groups in total. The molecule has 94 valence electrons. The lowest BCUT2D eigenvalue weighted by atomic mass is 10.4. The molecule has 0 rings (SSSR count). The second-order valence-electron chi connectivity index (χ2n) is 2.43. The smallest absolute Gasteiger partial charge is 0.339 e. The molecular weight excluding hydrogens is 248 g/mol. The van der Waals surface area contributed by atoms with Crippen LogP contribution in [-0.4, -0.2) is 44.0 Å². The first kappa shape index (κ1) is 14.1. The van der Waals surface area contributed by atoms with Gasteiger partial charge in [-0.2, -0.15) is 0 Å². The Kier molecular flexibility index (Phi) is 3.91. The summed E-state index contributed by atoms with van der Waals surface area (Å²) in [6.07, 6.45) is -0.338. The molecule has 0 saturated heterocycles. The molecule has 0 saturated carbocycles. The number of hydrogen-bond acceptors (Lipinski definition) is 9. The van der Waals surface area contributed by atoms with Crippen LogP contribution >= 0.6 is 0 Å². The van der Waals surface area contributed by atoms with Crippen LogP contribution in [0.5, 0.6) is 0 Å². The van der Waals surface area contributed by atoms with E-state index in [0.29, 0.717) is 7.05 Å². The van der Waals surface area contributed by atoms with Crippen LogP contribution in [0.4, 0.5) is 0 Å². The molecule has 0 aliphatic rings. The number of nitro groups is 4. The van der Waals surface area contributed by atoms with Crippen molar-refractivity contribution in [2.45, 2.75) is 5.79 Å². The second kappa shape index (κ2) is 4.73. The molecule has 0 aromatic rings. The van der Waals surface area contributed by atoms with Crippen LogP contribution in [0.3, 0.4) is 0 Å². The van der Waals surface area contributed by atoms with Crippen molar-refractivity contribution < 1.29 is 19.8 Å². The number of rotatable bonds is 6. The summed E-state index contributed by atoms with van der Waals surface area (Å²) in [7, 11) is 0.682. The van der Waals surface area contributed by atoms with Crippen LogP contribution < -0.4 is 0 Å². The van der Waals surface area contributed by atoms with Gasteiger partial charge in [0.15, 0.2) is 14.8 Å². The van der Waals surface area contributed by atoms with Gasteiger partial charge in [0.25, 0.3) is 0 Å². The van der Waals surface area contributed by atoms with Crippen molar-refractivity contribution in [1.82, 2.24) is 5.12 Å². The fourth-order valence-electron chi connectivity index (χ4n) is 0.545. The molecule has 0 amide bonds. The summed E-state index contributed by atoms with van der Waals surface area (Å²) in [5, 5.41) is 42.3. The van der Waals surface area contributed by atoms with E-state index in [2.05, 4.69) is 5.10 Å². The first-order valence-corrected chi connectivity index (χ1v) is 3.53. The molecule has 0 aromatic carbocycles. The molecule has 0 bridgehead atoms. The largest absolute Gasteiger partial charge is 0.764 e. The predicted molar refractivity (Wildman–Crippen MR) is 47.0 cm³/mol. The lowest BCUT2D eigenvalue weighted by Crippen LogP contribution is -2.55. The Balaban J connectivity index is 5.50. The molecule has 0 heterocycles. The SMILES string of the molecule is CN(/N=C/C([N+](=O)[O-])([N+](=O)[O-])[N+](=O)[O-])[N+](=O)[O-]. The third-order valence-electron chi connectivity index (χ3n) is 1.44. The first-order valence-electron chi connectivity index (χ1n) is 3.53. The summed E-state index contributed by atoms with van der Waals surface area (Å²) in [6.45, 7) is 0. The Bertz CT molecular complexity index is 366. The van der Waals surface area contributed by atoms with Gasteiger partial charge in [-0.1, -0.05) is 0 Å². The Morgan fingerprint density at radius 2 is 1.35 bits per heavy atom. The van der Waals surface area contributed by atoms with E-state index >= 15 is 0 Å². The van der Waals surface area contributed by atoms with E-state index in [-0.39, 0.29) is 11.3 Å². The van der Waals surface area contributed by atoms with Crippen LogP contribution in [0.1, 0.15) is 0 Å². The number of hydrogen-bond donors (Lipinski definition) is 0. The maximum atomic E-state index is 10.3. The molecule has 0 spiro atoms. The van der Waals surface area contributed by atoms with Gasteiger partial charge in [0.2, 0.25) is 0 Å². The molecular formula is C3H4N6O8. The zero-order chi connectivity index (χ0) is 13.8. The average molecular weight is 252 g/mol. The van der Waals surface area contributed by atoms with Gasteiger partial charge in [-0.05, 0) is 5.12 Å². The van der Waals surface area contributed by atoms with Gasteiger partial charge in [0.05, 0.1) is 17.2 Å². The summed E-state index contributed by atoms with van der Waals surface area (Å²) < 4.78 is 0. The minimum absolute atomic E-state index is 0.148. The highest BCUT2D eigenvalue weighted by Gasteiger charge is 2.72. The molecule has 0 unspecified atom stereocenters. The quantitative estimate of drug-likeness (QED) is 0.236. The van der Waals surface area contributed by atoms with Gasteiger partial charge < -0.3 is 10.1 Å². The Labute approximate surface area is 90.7 Å². The van der Waals surface area contributed by atoms with Crippen molar-refractivity contribution in [2.75, 3.05) is 7.05 Å². The normalized spacial score (nSPS) is 11.1. The van der Waals surface area contributed by atoms with Gasteiger partial charge in [0.1, 0.15) is 0 Å². The standard InChI is InChI=1S/C3H4N6O8/c1-5(9(16)17)4-2-3(6(10)11,7(12)13)8(14)15/h2H,1H3/b4-2+. The van der Waals surface area contributed by atoms with Crippen molar-refractivity contribution >= 4 is 6.21 Å². The van der Waals surface area contributed by atoms with Crippen LogP contribution in [0, 0.1) is 40.5 Å². The molecule has 14 nitrogen and oxygen atoms in total. The van der Waals surface area contributed by atoms with E-state index in [9.17, 15) is 40.5 Å². The van der Waals surface area contributed by atoms with E-state index in [0.717, 1.165) is 0 Å². The number of hydrazone groups is 1. The van der Waals surface area contributed by atoms with E-state index in [4.69, 9.17) is 0 Å². The van der Waals surface area contributed by atoms with Crippen molar-refractivity contribution in [3.63, 3.8) is 0 Å². The number of hydrazine groups is 1. The first-order chi connectivity index (χ1) is 7.66. The highest BCUT2D eigenvalue weighted by molar-refractivity contribution is 5.63. The summed E-state index contributed by atoms with van der Waals surface area (Å²) in [5.74, 6) is -3.95. The van der Waals surface area contributed by atoms with E-state index < -0.39 is 25.6 Å². The van der Waals surface area contributed by atoms with Crippen LogP contribution in [0.15, 0.2) is 5.10 Å². The third kappa shape index (κ3) is 2.55. The fraction of sp³-hybridized carbons (Fsp3) is 0.667. The minimum atomic E-state index is -3.95. The average Bonchev–Trinajstić information content (AvgIpc) is 2.16. The predicted octanol–water partition coefficient (Wildman–Crippen LogP) is -1.42. The number of nitrogens with zero attached hydrogens (tertiary/aromatic N) is 6. The van der Waals surface area contributed by atoms with Gasteiger partial charge >= 0.3 is 12.0 Å². The Morgan fingerprint density at radius 1 is 1.00 bits per heavy atom. The third-order valence-corrected chi connectivity index (χ3v) is 1.44. The maximum absolute atomic E-state index is 10.3. The summed E-state index contributed by atoms with van der Waals surface area (Å²) in [4.78, 5) is 35.5. The van der Waals surface area contributed by atoms with Gasteiger partial charge in [-0.15, -0.1) is 0 Å². The molecule has 17 heavy (non-hydrogen) atoms. The van der Waals surface area contributed by atoms with Crippen molar-refractivity contribution in [3.8, 4) is 0 Å². The van der Waals surface area contributed by atoms with Crippen LogP contribution in [0.2, 0.25) is 0 Å². The Morgan fingerprint density at radius 3 is 1.59 bits per heavy atom. The van der Waals surface area contributed by atoms with Gasteiger partial charge in [-0.3, -0.25) is 30.3 Å². The summed E-state index contributed by atoms with van der Waals surface area (Å²) in [6, 6.07) is 0. The topological polar surface area (TPSA) is 188 Å². The lowest BCUT2D eigenvalue weighted by molar-refractivity contribution is -0.943. The molecule has 0 aliphatic heterocycles. The van der Waals surface area contributed by atoms with E-state index in [1.807, 2.05) is 0 Å². The van der Waals surface area contributed by atoms with Crippen molar-refractivity contribution in [1.29, 1.82) is 0 Å². The molecule has 0 fully saturated rings. The summed E-state index contributed by atoms with van der Waals surface area (Å²) in [5.41, 5.74) is 0. The Hall–Kier alpha value is -2.93. The van der Waals surface area contributed by atoms with Gasteiger partial charge in [-0.25, -0.2) is 0 Å². The summed E-state index contributed by atoms with van der Waals surface area (Å²) >= 11 is 0. The molecule has 0 atom stereocenters. The zero-order valence-corrected chi connectivity index (χ0v) is 8.03. The minimum Gasteiger partial charge on any atom is -0.339 e. The zero-order valence-electron chi connectivity index (χ0n) is 8.03. The van der Waals surface area contributed by atoms with Gasteiger partial charge in [0, 0.05) is 0 Å². The molecule has 0 aliphatic carbocycles. The van der Waals surface area contributed by atoms with Crippen molar-refractivity contribution in [3.05, 3.63) is 40.5 Å². The van der Waals surface area contributed by atoms with Crippen LogP contribution in [-0.2, 0) is 0 Å². The van der Waals surface area contributed by atoms with Crippen LogP contribution in [0.25, 0.3) is 0 Å². The van der Waals surface area contributed by atoms with E-state index in [1.54, 1.807) is 0 Å². The fourth-order valence-corrected chi connectivity index (χ4v) is 0.545. The lowest BCUT2D eigenvalue weighted by Gasteiger charge is -2.03. The van der Waals surface area contributed by atoms with Crippen molar-refractivity contribution in [2.24, 2.45) is 5.10 Å². The highest BCUT2D eigenvalue weighted by atomic mass is 16.7. The highest BCUT2D eigenvalue weighted by Crippen LogP contribution is 2.09. The maximum Gasteiger partial charge on any atom is 0.764 e. The molecule has 0 radical (unpaired) electrons. The second-order valence-corrected chi connectivity index (χ2v) is 2.43.